The molecular formula is C22H14O. The Labute approximate surface area is 134 Å². The van der Waals surface area contributed by atoms with Gasteiger partial charge >= 0.3 is 0 Å². The Bertz CT molecular complexity index is 1060. The molecule has 23 heavy (non-hydrogen) atoms. The van der Waals surface area contributed by atoms with Crippen molar-refractivity contribution in [2.45, 2.75) is 0 Å². The van der Waals surface area contributed by atoms with Gasteiger partial charge in [-0.2, -0.15) is 0 Å². The molecule has 0 saturated heterocycles. The van der Waals surface area contributed by atoms with Crippen LogP contribution in [0, 0.1) is 0 Å². The van der Waals surface area contributed by atoms with Crippen LogP contribution in [-0.4, -0.2) is 5.11 Å². The van der Waals surface area contributed by atoms with Crippen molar-refractivity contribution >= 4 is 10.8 Å². The van der Waals surface area contributed by atoms with Gasteiger partial charge in [-0.15, -0.1) is 0 Å². The van der Waals surface area contributed by atoms with Crippen molar-refractivity contribution in [2.24, 2.45) is 0 Å². The van der Waals surface area contributed by atoms with Gasteiger partial charge in [0.15, 0.2) is 0 Å². The summed E-state index contributed by atoms with van der Waals surface area (Å²) in [5.74, 6) is 0.340. The van der Waals surface area contributed by atoms with Crippen LogP contribution in [-0.2, 0) is 0 Å². The molecule has 1 nitrogen and oxygen atoms in total. The second kappa shape index (κ2) is 4.47. The molecule has 1 aliphatic rings. The fourth-order valence-corrected chi connectivity index (χ4v) is 3.77. The van der Waals surface area contributed by atoms with Crippen LogP contribution in [0.15, 0.2) is 78.9 Å². The zero-order valence-corrected chi connectivity index (χ0v) is 12.5. The zero-order valence-electron chi connectivity index (χ0n) is 12.5. The van der Waals surface area contributed by atoms with Crippen molar-refractivity contribution in [3.8, 4) is 39.1 Å². The van der Waals surface area contributed by atoms with E-state index in [9.17, 15) is 5.11 Å². The van der Waals surface area contributed by atoms with E-state index in [2.05, 4.69) is 42.5 Å². The van der Waals surface area contributed by atoms with Crippen molar-refractivity contribution in [1.29, 1.82) is 0 Å². The predicted molar refractivity (Wildman–Crippen MR) is 95.5 cm³/mol. The molecule has 0 fully saturated rings. The molecule has 1 heteroatoms. The first-order chi connectivity index (χ1) is 11.3. The molecule has 0 aliphatic heterocycles. The van der Waals surface area contributed by atoms with E-state index in [1.165, 1.54) is 22.1 Å². The first-order valence-electron chi connectivity index (χ1n) is 7.78. The van der Waals surface area contributed by atoms with Gasteiger partial charge in [0.2, 0.25) is 0 Å². The molecule has 0 aromatic heterocycles. The highest BCUT2D eigenvalue weighted by Gasteiger charge is 2.24. The number of aromatic hydroxyl groups is 1. The first-order valence-corrected chi connectivity index (χ1v) is 7.78. The molecule has 0 unspecified atom stereocenters. The largest absolute Gasteiger partial charge is 0.507 e. The quantitative estimate of drug-likeness (QED) is 0.410. The molecule has 0 saturated carbocycles. The smallest absolute Gasteiger partial charge is 0.124 e. The summed E-state index contributed by atoms with van der Waals surface area (Å²) in [6, 6.07) is 26.8. The van der Waals surface area contributed by atoms with Crippen molar-refractivity contribution in [2.75, 3.05) is 0 Å². The Morgan fingerprint density at radius 2 is 1.22 bits per heavy atom. The maximum Gasteiger partial charge on any atom is 0.124 e. The second-order valence-corrected chi connectivity index (χ2v) is 5.96. The number of phenols is 1. The highest BCUT2D eigenvalue weighted by atomic mass is 16.3. The number of phenolic OH excluding ortho intramolecular Hbond substituents is 1. The Morgan fingerprint density at radius 3 is 2.00 bits per heavy atom. The van der Waals surface area contributed by atoms with E-state index in [0.29, 0.717) is 5.75 Å². The Morgan fingerprint density at radius 1 is 0.565 bits per heavy atom. The van der Waals surface area contributed by atoms with Crippen LogP contribution < -0.4 is 0 Å². The van der Waals surface area contributed by atoms with Gasteiger partial charge in [0.05, 0.1) is 0 Å². The lowest BCUT2D eigenvalue weighted by Gasteiger charge is -2.12. The van der Waals surface area contributed by atoms with Crippen LogP contribution in [0.25, 0.3) is 44.2 Å². The summed E-state index contributed by atoms with van der Waals surface area (Å²) in [5.41, 5.74) is 6.80. The second-order valence-electron chi connectivity index (χ2n) is 5.96. The number of hydrogen-bond acceptors (Lipinski definition) is 1. The van der Waals surface area contributed by atoms with Crippen LogP contribution >= 0.6 is 0 Å². The summed E-state index contributed by atoms with van der Waals surface area (Å²) < 4.78 is 0. The fraction of sp³-hybridized carbons (Fsp3) is 0. The van der Waals surface area contributed by atoms with Crippen LogP contribution in [0.4, 0.5) is 0 Å². The number of rotatable bonds is 1. The molecule has 0 bridgehead atoms. The highest BCUT2D eigenvalue weighted by Crippen LogP contribution is 2.51. The summed E-state index contributed by atoms with van der Waals surface area (Å²) in [5, 5.41) is 13.1. The van der Waals surface area contributed by atoms with Gasteiger partial charge in [-0.3, -0.25) is 0 Å². The standard InChI is InChI=1S/C22H14O/c23-20-13-19-16-10-5-4-9-15(16)17-11-6-12-18(22(17)19)21(20)14-7-2-1-3-8-14/h1-13,23H. The molecule has 1 N–H and O–H groups in total. The molecule has 0 heterocycles. The number of fused-ring (bicyclic) bond motifs is 3. The maximum atomic E-state index is 10.7. The van der Waals surface area contributed by atoms with Crippen LogP contribution in [0.2, 0.25) is 0 Å². The molecule has 1 aliphatic carbocycles. The lowest BCUT2D eigenvalue weighted by atomic mass is 9.93. The third kappa shape index (κ3) is 1.62. The Hall–Kier alpha value is -3.06. The van der Waals surface area contributed by atoms with Crippen molar-refractivity contribution in [1.82, 2.24) is 0 Å². The highest BCUT2D eigenvalue weighted by molar-refractivity contribution is 6.19. The molecule has 0 spiro atoms. The normalized spacial score (nSPS) is 11.7. The van der Waals surface area contributed by atoms with Gasteiger partial charge in [-0.05, 0) is 44.7 Å². The van der Waals surface area contributed by atoms with Gasteiger partial charge in [0.1, 0.15) is 5.75 Å². The molecule has 0 radical (unpaired) electrons. The Balaban J connectivity index is 1.96. The lowest BCUT2D eigenvalue weighted by Crippen LogP contribution is -1.84. The van der Waals surface area contributed by atoms with Crippen LogP contribution in [0.1, 0.15) is 0 Å². The summed E-state index contributed by atoms with van der Waals surface area (Å²) in [6.45, 7) is 0. The molecule has 0 amide bonds. The average Bonchev–Trinajstić information content (AvgIpc) is 2.92. The summed E-state index contributed by atoms with van der Waals surface area (Å²) in [6.07, 6.45) is 0. The predicted octanol–water partition coefficient (Wildman–Crippen LogP) is 5.86. The molecule has 4 aromatic carbocycles. The maximum absolute atomic E-state index is 10.7. The zero-order chi connectivity index (χ0) is 15.4. The van der Waals surface area contributed by atoms with Gasteiger partial charge in [0, 0.05) is 5.56 Å². The monoisotopic (exact) mass is 294 g/mol. The van der Waals surface area contributed by atoms with Crippen molar-refractivity contribution in [3.05, 3.63) is 78.9 Å². The number of hydrogen-bond donors (Lipinski definition) is 1. The van der Waals surface area contributed by atoms with Crippen LogP contribution in [0.3, 0.4) is 0 Å². The molecule has 108 valence electrons. The number of benzene rings is 4. The minimum absolute atomic E-state index is 0.340. The van der Waals surface area contributed by atoms with Crippen molar-refractivity contribution < 1.29 is 5.11 Å². The van der Waals surface area contributed by atoms with Crippen molar-refractivity contribution in [3.63, 3.8) is 0 Å². The Kier molecular flexibility index (Phi) is 2.42. The van der Waals surface area contributed by atoms with Gasteiger partial charge in [0.25, 0.3) is 0 Å². The minimum atomic E-state index is 0.340. The van der Waals surface area contributed by atoms with E-state index >= 15 is 0 Å². The minimum Gasteiger partial charge on any atom is -0.507 e. The third-order valence-electron chi connectivity index (χ3n) is 4.71. The van der Waals surface area contributed by atoms with E-state index in [-0.39, 0.29) is 0 Å². The lowest BCUT2D eigenvalue weighted by molar-refractivity contribution is 0.478. The molecule has 5 rings (SSSR count). The molecule has 0 atom stereocenters. The average molecular weight is 294 g/mol. The topological polar surface area (TPSA) is 20.2 Å². The van der Waals surface area contributed by atoms with E-state index in [1.807, 2.05) is 36.4 Å². The fourth-order valence-electron chi connectivity index (χ4n) is 3.77. The summed E-state index contributed by atoms with van der Waals surface area (Å²) >= 11 is 0. The summed E-state index contributed by atoms with van der Waals surface area (Å²) in [4.78, 5) is 0. The molecular weight excluding hydrogens is 280 g/mol. The van der Waals surface area contributed by atoms with E-state index in [1.54, 1.807) is 0 Å². The third-order valence-corrected chi connectivity index (χ3v) is 4.71. The van der Waals surface area contributed by atoms with Gasteiger partial charge < -0.3 is 5.11 Å². The molecule has 4 aromatic rings. The van der Waals surface area contributed by atoms with E-state index < -0.39 is 0 Å². The van der Waals surface area contributed by atoms with E-state index in [0.717, 1.165) is 22.1 Å². The SMILES string of the molecule is Oc1cc2c3c(cccc3c1-c1ccccc1)-c1ccccc1-2. The van der Waals surface area contributed by atoms with Gasteiger partial charge in [-0.25, -0.2) is 0 Å². The summed E-state index contributed by atoms with van der Waals surface area (Å²) in [7, 11) is 0. The first kappa shape index (κ1) is 12.5. The van der Waals surface area contributed by atoms with Crippen LogP contribution in [0.5, 0.6) is 5.75 Å². The van der Waals surface area contributed by atoms with E-state index in [4.69, 9.17) is 0 Å². The van der Waals surface area contributed by atoms with Gasteiger partial charge in [-0.1, -0.05) is 72.8 Å².